The van der Waals surface area contributed by atoms with Gasteiger partial charge in [0.05, 0.1) is 11.7 Å². The van der Waals surface area contributed by atoms with Crippen LogP contribution >= 0.6 is 11.7 Å². The van der Waals surface area contributed by atoms with Crippen molar-refractivity contribution < 1.29 is 8.42 Å². The van der Waals surface area contributed by atoms with Crippen molar-refractivity contribution >= 4 is 32.8 Å². The Morgan fingerprint density at radius 3 is 2.65 bits per heavy atom. The summed E-state index contributed by atoms with van der Waals surface area (Å²) in [5, 5.41) is 0. The molecule has 0 saturated heterocycles. The number of hydrogen-bond donors (Lipinski definition) is 1. The number of fused-ring (bicyclic) bond motifs is 2. The molecule has 2 saturated carbocycles. The van der Waals surface area contributed by atoms with E-state index in [1.165, 1.54) is 12.8 Å². The number of sulfonamides is 1. The summed E-state index contributed by atoms with van der Waals surface area (Å²) in [6, 6.07) is 5.25. The van der Waals surface area contributed by atoms with Gasteiger partial charge in [-0.1, -0.05) is 18.9 Å². The molecule has 2 fully saturated rings. The summed E-state index contributed by atoms with van der Waals surface area (Å²) in [5.74, 6) is 1.09. The van der Waals surface area contributed by atoms with Crippen LogP contribution in [-0.4, -0.2) is 23.2 Å². The molecule has 1 N–H and O–H groups in total. The summed E-state index contributed by atoms with van der Waals surface area (Å²) >= 11 is 1.05. The van der Waals surface area contributed by atoms with Crippen molar-refractivity contribution in [2.24, 2.45) is 11.8 Å². The summed E-state index contributed by atoms with van der Waals surface area (Å²) < 4.78 is 36.2. The molecule has 4 rings (SSSR count). The van der Waals surface area contributed by atoms with Crippen LogP contribution in [0.15, 0.2) is 23.1 Å². The van der Waals surface area contributed by atoms with Gasteiger partial charge >= 0.3 is 0 Å². The summed E-state index contributed by atoms with van der Waals surface area (Å²) in [6.07, 6.45) is 4.76. The van der Waals surface area contributed by atoms with E-state index in [0.29, 0.717) is 22.9 Å². The highest BCUT2D eigenvalue weighted by atomic mass is 32.2. The van der Waals surface area contributed by atoms with E-state index in [2.05, 4.69) is 13.5 Å². The summed E-state index contributed by atoms with van der Waals surface area (Å²) in [7, 11) is -3.50. The monoisotopic (exact) mass is 309 g/mol. The molecular weight excluding hydrogens is 294 g/mol. The normalized spacial score (nSPS) is 29.3. The number of hydrogen-bond acceptors (Lipinski definition) is 5. The van der Waals surface area contributed by atoms with Crippen molar-refractivity contribution in [1.82, 2.24) is 13.5 Å². The van der Waals surface area contributed by atoms with Crippen molar-refractivity contribution in [1.29, 1.82) is 0 Å². The maximum absolute atomic E-state index is 12.6. The molecule has 1 aromatic carbocycles. The van der Waals surface area contributed by atoms with Gasteiger partial charge in [-0.05, 0) is 36.8 Å². The second-order valence-corrected chi connectivity index (χ2v) is 7.86. The van der Waals surface area contributed by atoms with Gasteiger partial charge < -0.3 is 0 Å². The minimum Gasteiger partial charge on any atom is -0.207 e. The second kappa shape index (κ2) is 4.47. The molecule has 106 valence electrons. The molecular formula is C13H15N3O2S2. The van der Waals surface area contributed by atoms with Gasteiger partial charge in [0.2, 0.25) is 10.0 Å². The third kappa shape index (κ3) is 1.96. The van der Waals surface area contributed by atoms with E-state index in [-0.39, 0.29) is 10.9 Å². The van der Waals surface area contributed by atoms with E-state index in [9.17, 15) is 8.42 Å². The Bertz CT molecular complexity index is 744. The van der Waals surface area contributed by atoms with Gasteiger partial charge in [0, 0.05) is 6.04 Å². The third-order valence-electron chi connectivity index (χ3n) is 4.49. The Labute approximate surface area is 121 Å². The Morgan fingerprint density at radius 2 is 1.90 bits per heavy atom. The first-order valence-corrected chi connectivity index (χ1v) is 9.12. The van der Waals surface area contributed by atoms with Gasteiger partial charge in [-0.25, -0.2) is 13.1 Å². The van der Waals surface area contributed by atoms with Crippen LogP contribution in [0, 0.1) is 11.8 Å². The van der Waals surface area contributed by atoms with Crippen molar-refractivity contribution in [3.05, 3.63) is 18.2 Å². The van der Waals surface area contributed by atoms with Crippen LogP contribution in [0.4, 0.5) is 0 Å². The van der Waals surface area contributed by atoms with E-state index in [1.807, 2.05) is 0 Å². The average Bonchev–Trinajstić information content (AvgIpc) is 2.92. The van der Waals surface area contributed by atoms with Crippen LogP contribution < -0.4 is 4.72 Å². The molecule has 2 atom stereocenters. The SMILES string of the molecule is O=S(=O)(NC1C2CCCCC21)c1cccc2nsnc12. The lowest BCUT2D eigenvalue weighted by Gasteiger charge is -2.06. The zero-order valence-corrected chi connectivity index (χ0v) is 12.5. The van der Waals surface area contributed by atoms with Crippen molar-refractivity contribution in [3.8, 4) is 0 Å². The molecule has 2 aliphatic carbocycles. The fourth-order valence-electron chi connectivity index (χ4n) is 3.41. The molecule has 2 unspecified atom stereocenters. The van der Waals surface area contributed by atoms with E-state index in [4.69, 9.17) is 0 Å². The Hall–Kier alpha value is -1.05. The maximum atomic E-state index is 12.6. The predicted molar refractivity (Wildman–Crippen MR) is 77.0 cm³/mol. The molecule has 2 aromatic rings. The molecule has 7 heteroatoms. The van der Waals surface area contributed by atoms with E-state index in [1.54, 1.807) is 18.2 Å². The van der Waals surface area contributed by atoms with Gasteiger partial charge in [0.1, 0.15) is 15.9 Å². The first-order chi connectivity index (χ1) is 9.67. The van der Waals surface area contributed by atoms with Crippen molar-refractivity contribution in [2.75, 3.05) is 0 Å². The highest BCUT2D eigenvalue weighted by molar-refractivity contribution is 7.89. The molecule has 0 spiro atoms. The van der Waals surface area contributed by atoms with Crippen LogP contribution in [0.25, 0.3) is 11.0 Å². The number of nitrogens with zero attached hydrogens (tertiary/aromatic N) is 2. The van der Waals surface area contributed by atoms with E-state index in [0.717, 1.165) is 24.6 Å². The van der Waals surface area contributed by atoms with Crippen LogP contribution in [0.5, 0.6) is 0 Å². The lowest BCUT2D eigenvalue weighted by molar-refractivity contribution is 0.480. The minimum absolute atomic E-state index is 0.129. The molecule has 1 aromatic heterocycles. The van der Waals surface area contributed by atoms with Crippen LogP contribution in [-0.2, 0) is 10.0 Å². The summed E-state index contributed by atoms with van der Waals surface area (Å²) in [4.78, 5) is 0.257. The minimum atomic E-state index is -3.50. The first-order valence-electron chi connectivity index (χ1n) is 6.90. The standard InChI is InChI=1S/C13H15N3O2S2/c17-20(18,16-12-8-4-1-2-5-9(8)12)11-7-3-6-10-13(11)15-19-14-10/h3,6-9,12,16H,1-2,4-5H2. The average molecular weight is 309 g/mol. The summed E-state index contributed by atoms with van der Waals surface area (Å²) in [5.41, 5.74) is 1.12. The van der Waals surface area contributed by atoms with Gasteiger partial charge in [-0.2, -0.15) is 8.75 Å². The Balaban J connectivity index is 1.65. The third-order valence-corrected chi connectivity index (χ3v) is 6.52. The van der Waals surface area contributed by atoms with Gasteiger partial charge in [0.25, 0.3) is 0 Å². The topological polar surface area (TPSA) is 72.0 Å². The largest absolute Gasteiger partial charge is 0.243 e. The van der Waals surface area contributed by atoms with Crippen LogP contribution in [0.3, 0.4) is 0 Å². The maximum Gasteiger partial charge on any atom is 0.243 e. The first kappa shape index (κ1) is 12.7. The lowest BCUT2D eigenvalue weighted by Crippen LogP contribution is -2.28. The smallest absolute Gasteiger partial charge is 0.207 e. The Kier molecular flexibility index (Phi) is 2.84. The zero-order chi connectivity index (χ0) is 13.7. The zero-order valence-electron chi connectivity index (χ0n) is 10.8. The molecule has 20 heavy (non-hydrogen) atoms. The molecule has 0 amide bonds. The number of aromatic nitrogens is 2. The van der Waals surface area contributed by atoms with Crippen LogP contribution in [0.1, 0.15) is 25.7 Å². The predicted octanol–water partition coefficient (Wildman–Crippen LogP) is 2.16. The van der Waals surface area contributed by atoms with E-state index >= 15 is 0 Å². The molecule has 5 nitrogen and oxygen atoms in total. The molecule has 0 radical (unpaired) electrons. The molecule has 2 aliphatic rings. The molecule has 0 aliphatic heterocycles. The van der Waals surface area contributed by atoms with Gasteiger partial charge in [0.15, 0.2) is 0 Å². The lowest BCUT2D eigenvalue weighted by atomic mass is 10.0. The quantitative estimate of drug-likeness (QED) is 0.943. The second-order valence-electron chi connectivity index (χ2n) is 5.65. The van der Waals surface area contributed by atoms with Crippen molar-refractivity contribution in [3.63, 3.8) is 0 Å². The fraction of sp³-hybridized carbons (Fsp3) is 0.538. The van der Waals surface area contributed by atoms with Crippen LogP contribution in [0.2, 0.25) is 0 Å². The number of nitrogens with one attached hydrogen (secondary N) is 1. The molecule has 0 bridgehead atoms. The van der Waals surface area contributed by atoms with Crippen molar-refractivity contribution in [2.45, 2.75) is 36.6 Å². The Morgan fingerprint density at radius 1 is 1.15 bits per heavy atom. The summed E-state index contributed by atoms with van der Waals surface area (Å²) in [6.45, 7) is 0. The number of rotatable bonds is 3. The highest BCUT2D eigenvalue weighted by Crippen LogP contribution is 2.50. The van der Waals surface area contributed by atoms with Gasteiger partial charge in [-0.3, -0.25) is 0 Å². The molecule has 1 heterocycles. The number of benzene rings is 1. The fourth-order valence-corrected chi connectivity index (χ4v) is 5.51. The van der Waals surface area contributed by atoms with E-state index < -0.39 is 10.0 Å². The van der Waals surface area contributed by atoms with Gasteiger partial charge in [-0.15, -0.1) is 0 Å². The highest BCUT2D eigenvalue weighted by Gasteiger charge is 2.52.